The molecule has 0 aromatic rings. The fourth-order valence-electron chi connectivity index (χ4n) is 10.3. The van der Waals surface area contributed by atoms with Crippen molar-refractivity contribution >= 4 is 17.9 Å². The van der Waals surface area contributed by atoms with Crippen LogP contribution in [0.4, 0.5) is 0 Å². The van der Waals surface area contributed by atoms with Crippen molar-refractivity contribution in [3.05, 3.63) is 72.9 Å². The van der Waals surface area contributed by atoms with Gasteiger partial charge in [-0.25, -0.2) is 0 Å². The second-order valence-corrected chi connectivity index (χ2v) is 23.4. The Morgan fingerprint density at radius 2 is 0.512 bits per heavy atom. The SMILES string of the molecule is CC/C=C\C/C=C\C/C=C\C/C=C\CCC(=O)OCC(COC(=O)CCCCCCCCCCCCCCCCCCCCCCC/C=C\C/C=C\CCCCCCC)OC(=O)CCCCCCCCCCCCCCCCCC. The highest BCUT2D eigenvalue weighted by Gasteiger charge is 2.19. The average Bonchev–Trinajstić information content (AvgIpc) is 3.46. The molecule has 0 rings (SSSR count). The molecule has 80 heavy (non-hydrogen) atoms. The quantitative estimate of drug-likeness (QED) is 0.0261. The van der Waals surface area contributed by atoms with Crippen LogP contribution in [-0.2, 0) is 28.6 Å². The maximum Gasteiger partial charge on any atom is 0.306 e. The molecule has 0 N–H and O–H groups in total. The first-order valence-electron chi connectivity index (χ1n) is 34.9. The highest BCUT2D eigenvalue weighted by Crippen LogP contribution is 2.18. The van der Waals surface area contributed by atoms with Crippen LogP contribution in [0.1, 0.15) is 361 Å². The lowest BCUT2D eigenvalue weighted by atomic mass is 10.0. The number of hydrogen-bond acceptors (Lipinski definition) is 6. The summed E-state index contributed by atoms with van der Waals surface area (Å²) in [7, 11) is 0. The average molecular weight is 1120 g/mol. The predicted octanol–water partition coefficient (Wildman–Crippen LogP) is 24.1. The van der Waals surface area contributed by atoms with Gasteiger partial charge in [-0.3, -0.25) is 14.4 Å². The lowest BCUT2D eigenvalue weighted by Gasteiger charge is -2.18. The predicted molar refractivity (Wildman–Crippen MR) is 348 cm³/mol. The van der Waals surface area contributed by atoms with Gasteiger partial charge in [0.05, 0.1) is 0 Å². The van der Waals surface area contributed by atoms with Crippen molar-refractivity contribution in [2.45, 2.75) is 367 Å². The van der Waals surface area contributed by atoms with E-state index in [9.17, 15) is 14.4 Å². The minimum absolute atomic E-state index is 0.0924. The number of ether oxygens (including phenoxy) is 3. The molecule has 0 saturated carbocycles. The van der Waals surface area contributed by atoms with E-state index >= 15 is 0 Å². The summed E-state index contributed by atoms with van der Waals surface area (Å²) < 4.78 is 16.9. The fourth-order valence-corrected chi connectivity index (χ4v) is 10.3. The van der Waals surface area contributed by atoms with Crippen molar-refractivity contribution in [1.82, 2.24) is 0 Å². The third-order valence-corrected chi connectivity index (χ3v) is 15.5. The minimum atomic E-state index is -0.801. The zero-order valence-corrected chi connectivity index (χ0v) is 53.3. The molecule has 0 radical (unpaired) electrons. The Labute approximate surface area is 497 Å². The van der Waals surface area contributed by atoms with E-state index in [0.29, 0.717) is 19.3 Å². The third-order valence-electron chi connectivity index (χ3n) is 15.5. The van der Waals surface area contributed by atoms with Gasteiger partial charge in [0.25, 0.3) is 0 Å². The molecular weight excluding hydrogens is 985 g/mol. The number of hydrogen-bond donors (Lipinski definition) is 0. The van der Waals surface area contributed by atoms with Crippen LogP contribution in [0.2, 0.25) is 0 Å². The van der Waals surface area contributed by atoms with E-state index in [1.165, 1.54) is 244 Å². The van der Waals surface area contributed by atoms with E-state index in [4.69, 9.17) is 14.2 Å². The van der Waals surface area contributed by atoms with E-state index in [1.54, 1.807) is 0 Å². The molecule has 0 aromatic heterocycles. The highest BCUT2D eigenvalue weighted by molar-refractivity contribution is 5.71. The van der Waals surface area contributed by atoms with Crippen molar-refractivity contribution < 1.29 is 28.6 Å². The number of allylic oxidation sites excluding steroid dienone is 12. The monoisotopic (exact) mass is 1120 g/mol. The molecule has 464 valence electrons. The van der Waals surface area contributed by atoms with Gasteiger partial charge in [0.1, 0.15) is 13.2 Å². The molecule has 0 heterocycles. The molecule has 6 nitrogen and oxygen atoms in total. The Morgan fingerprint density at radius 3 is 0.838 bits per heavy atom. The van der Waals surface area contributed by atoms with Gasteiger partial charge in [-0.05, 0) is 77.0 Å². The van der Waals surface area contributed by atoms with Crippen molar-refractivity contribution in [2.24, 2.45) is 0 Å². The van der Waals surface area contributed by atoms with Gasteiger partial charge in [0.15, 0.2) is 6.10 Å². The molecule has 6 heteroatoms. The van der Waals surface area contributed by atoms with Crippen LogP contribution in [0.3, 0.4) is 0 Å². The highest BCUT2D eigenvalue weighted by atomic mass is 16.6. The molecule has 0 aliphatic carbocycles. The lowest BCUT2D eigenvalue weighted by molar-refractivity contribution is -0.166. The lowest BCUT2D eigenvalue weighted by Crippen LogP contribution is -2.30. The van der Waals surface area contributed by atoms with Crippen LogP contribution < -0.4 is 0 Å². The molecular formula is C74H132O6. The van der Waals surface area contributed by atoms with Gasteiger partial charge in [-0.1, -0.05) is 338 Å². The van der Waals surface area contributed by atoms with Crippen LogP contribution >= 0.6 is 0 Å². The van der Waals surface area contributed by atoms with Crippen molar-refractivity contribution in [1.29, 1.82) is 0 Å². The zero-order valence-electron chi connectivity index (χ0n) is 53.3. The van der Waals surface area contributed by atoms with E-state index < -0.39 is 6.10 Å². The Balaban J connectivity index is 4.14. The van der Waals surface area contributed by atoms with Crippen LogP contribution in [0.15, 0.2) is 72.9 Å². The summed E-state index contributed by atoms with van der Waals surface area (Å²) in [6.45, 7) is 6.50. The number of carbonyl (C=O) groups is 3. The van der Waals surface area contributed by atoms with Crippen LogP contribution in [-0.4, -0.2) is 37.2 Å². The standard InChI is InChI=1S/C74H132O6/c1-4-7-10-13-16-19-22-25-27-29-30-31-32-33-34-35-36-37-38-39-40-41-42-43-44-45-47-49-52-55-58-61-64-67-73(76)79-70-71(69-78-72(75)66-63-60-57-54-51-48-24-21-18-15-12-9-6-3)80-74(77)68-65-62-59-56-53-50-46-28-26-23-20-17-14-11-8-5-2/h9,12,18,21-22,25,29-30,48,51,57,60,71H,4-8,10-11,13-17,19-20,23-24,26-28,31-47,49-50,52-56,58-59,61-70H2,1-3H3/b12-9-,21-18-,25-22-,30-29-,51-48-,60-57-. The Morgan fingerprint density at radius 1 is 0.263 bits per heavy atom. The number of rotatable bonds is 64. The summed E-state index contributed by atoms with van der Waals surface area (Å²) in [5, 5.41) is 0. The smallest absolute Gasteiger partial charge is 0.306 e. The summed E-state index contributed by atoms with van der Waals surface area (Å²) in [4.78, 5) is 38.3. The molecule has 0 aromatic carbocycles. The largest absolute Gasteiger partial charge is 0.462 e. The Kier molecular flexibility index (Phi) is 65.7. The molecule has 0 amide bonds. The molecule has 0 fully saturated rings. The second-order valence-electron chi connectivity index (χ2n) is 23.4. The van der Waals surface area contributed by atoms with Gasteiger partial charge < -0.3 is 14.2 Å². The van der Waals surface area contributed by atoms with Gasteiger partial charge in [0, 0.05) is 19.3 Å². The summed E-state index contributed by atoms with van der Waals surface area (Å²) in [6, 6.07) is 0. The van der Waals surface area contributed by atoms with E-state index in [0.717, 1.165) is 70.6 Å². The first kappa shape index (κ1) is 76.9. The molecule has 1 unspecified atom stereocenters. The summed E-state index contributed by atoms with van der Waals surface area (Å²) >= 11 is 0. The van der Waals surface area contributed by atoms with Crippen LogP contribution in [0.5, 0.6) is 0 Å². The van der Waals surface area contributed by atoms with E-state index in [-0.39, 0.29) is 37.5 Å². The first-order valence-corrected chi connectivity index (χ1v) is 34.9. The Hall–Kier alpha value is -3.15. The summed E-state index contributed by atoms with van der Waals surface area (Å²) in [5.41, 5.74) is 0. The second kappa shape index (κ2) is 68.3. The van der Waals surface area contributed by atoms with Gasteiger partial charge in [0.2, 0.25) is 0 Å². The maximum absolute atomic E-state index is 12.9. The Bertz CT molecular complexity index is 1470. The maximum atomic E-state index is 12.9. The molecule has 0 spiro atoms. The molecule has 1 atom stereocenters. The topological polar surface area (TPSA) is 78.9 Å². The first-order chi connectivity index (χ1) is 39.5. The van der Waals surface area contributed by atoms with Crippen molar-refractivity contribution in [3.63, 3.8) is 0 Å². The normalized spacial score (nSPS) is 12.5. The van der Waals surface area contributed by atoms with Crippen molar-refractivity contribution in [2.75, 3.05) is 13.2 Å². The van der Waals surface area contributed by atoms with Gasteiger partial charge >= 0.3 is 17.9 Å². The third kappa shape index (κ3) is 65.7. The van der Waals surface area contributed by atoms with Gasteiger partial charge in [-0.2, -0.15) is 0 Å². The molecule has 0 bridgehead atoms. The number of unbranched alkanes of at least 4 members (excludes halogenated alkanes) is 41. The minimum Gasteiger partial charge on any atom is -0.462 e. The summed E-state index contributed by atoms with van der Waals surface area (Å²) in [5.74, 6) is -0.957. The molecule has 0 saturated heterocycles. The van der Waals surface area contributed by atoms with Crippen molar-refractivity contribution in [3.8, 4) is 0 Å². The summed E-state index contributed by atoms with van der Waals surface area (Å²) in [6.07, 6.45) is 89.6. The fraction of sp³-hybridized carbons (Fsp3) is 0.797. The molecule has 0 aliphatic heterocycles. The van der Waals surface area contributed by atoms with E-state index in [1.807, 2.05) is 6.08 Å². The zero-order chi connectivity index (χ0) is 57.8. The van der Waals surface area contributed by atoms with Gasteiger partial charge in [-0.15, -0.1) is 0 Å². The number of esters is 3. The van der Waals surface area contributed by atoms with Crippen LogP contribution in [0, 0.1) is 0 Å². The van der Waals surface area contributed by atoms with E-state index in [2.05, 4.69) is 87.6 Å². The molecule has 0 aliphatic rings. The number of carbonyl (C=O) groups excluding carboxylic acids is 3. The van der Waals surface area contributed by atoms with Crippen LogP contribution in [0.25, 0.3) is 0 Å².